The first-order valence-corrected chi connectivity index (χ1v) is 10.9. The van der Waals surface area contributed by atoms with E-state index in [2.05, 4.69) is 4.98 Å². The summed E-state index contributed by atoms with van der Waals surface area (Å²) in [6.07, 6.45) is 2.89. The first kappa shape index (κ1) is 20.5. The van der Waals surface area contributed by atoms with Crippen LogP contribution in [0.25, 0.3) is 0 Å². The zero-order valence-electron chi connectivity index (χ0n) is 16.3. The molecule has 0 radical (unpaired) electrons. The molecule has 4 rings (SSSR count). The van der Waals surface area contributed by atoms with Crippen molar-refractivity contribution in [2.75, 3.05) is 19.7 Å². The zero-order chi connectivity index (χ0) is 21.3. The van der Waals surface area contributed by atoms with Crippen LogP contribution in [0.1, 0.15) is 11.5 Å². The van der Waals surface area contributed by atoms with Gasteiger partial charge in [-0.15, -0.1) is 0 Å². The highest BCUT2D eigenvalue weighted by molar-refractivity contribution is 7.89. The van der Waals surface area contributed by atoms with Crippen LogP contribution >= 0.6 is 0 Å². The number of rotatable bonds is 6. The monoisotopic (exact) mass is 433 g/mol. The Bertz CT molecular complexity index is 1130. The molecule has 1 fully saturated rings. The summed E-state index contributed by atoms with van der Waals surface area (Å²) in [5.74, 6) is -0.788. The standard InChI is InChI=1S/C21H21F2N3O3S/c1-25-12-21(24-14-25)30(27,28)26-10-16(13-29-19-4-2-3-18(23)9-19)20(11-26)15-5-7-17(22)8-6-15/h2-9,12,14,16,20H,10-11,13H2,1H3. The molecule has 1 aliphatic rings. The number of hydrogen-bond donors (Lipinski definition) is 0. The van der Waals surface area contributed by atoms with Crippen molar-refractivity contribution in [3.05, 3.63) is 78.3 Å². The maximum absolute atomic E-state index is 13.4. The van der Waals surface area contributed by atoms with E-state index < -0.39 is 15.8 Å². The molecule has 1 saturated heterocycles. The van der Waals surface area contributed by atoms with Crippen molar-refractivity contribution in [3.8, 4) is 5.75 Å². The molecule has 0 N–H and O–H groups in total. The fraction of sp³-hybridized carbons (Fsp3) is 0.286. The lowest BCUT2D eigenvalue weighted by molar-refractivity contribution is 0.244. The predicted molar refractivity (Wildman–Crippen MR) is 106 cm³/mol. The van der Waals surface area contributed by atoms with Crippen molar-refractivity contribution in [3.63, 3.8) is 0 Å². The average Bonchev–Trinajstić information content (AvgIpc) is 3.34. The molecule has 9 heteroatoms. The molecule has 0 aliphatic carbocycles. The van der Waals surface area contributed by atoms with E-state index >= 15 is 0 Å². The molecule has 3 aromatic rings. The molecule has 30 heavy (non-hydrogen) atoms. The highest BCUT2D eigenvalue weighted by atomic mass is 32.2. The van der Waals surface area contributed by atoms with Crippen LogP contribution in [0.4, 0.5) is 8.78 Å². The van der Waals surface area contributed by atoms with Crippen molar-refractivity contribution < 1.29 is 21.9 Å². The van der Waals surface area contributed by atoms with Gasteiger partial charge in [0.05, 0.1) is 12.9 Å². The van der Waals surface area contributed by atoms with Gasteiger partial charge in [-0.3, -0.25) is 0 Å². The molecule has 1 aromatic heterocycles. The van der Waals surface area contributed by atoms with E-state index in [4.69, 9.17) is 4.74 Å². The molecule has 6 nitrogen and oxygen atoms in total. The molecule has 0 saturated carbocycles. The summed E-state index contributed by atoms with van der Waals surface area (Å²) < 4.78 is 61.6. The fourth-order valence-corrected chi connectivity index (χ4v) is 5.19. The Morgan fingerprint density at radius 2 is 1.87 bits per heavy atom. The third kappa shape index (κ3) is 4.22. The minimum absolute atomic E-state index is 0.0189. The molecule has 2 unspecified atom stereocenters. The van der Waals surface area contributed by atoms with Gasteiger partial charge in [0.25, 0.3) is 10.0 Å². The van der Waals surface area contributed by atoms with Crippen LogP contribution < -0.4 is 4.74 Å². The summed E-state index contributed by atoms with van der Waals surface area (Å²) in [4.78, 5) is 3.98. The van der Waals surface area contributed by atoms with Gasteiger partial charge in [-0.05, 0) is 29.8 Å². The van der Waals surface area contributed by atoms with Crippen molar-refractivity contribution in [1.82, 2.24) is 13.9 Å². The Morgan fingerprint density at radius 3 is 2.53 bits per heavy atom. The van der Waals surface area contributed by atoms with Crippen LogP contribution in [0.3, 0.4) is 0 Å². The number of aromatic nitrogens is 2. The predicted octanol–water partition coefficient (Wildman–Crippen LogP) is 3.18. The van der Waals surface area contributed by atoms with Crippen molar-refractivity contribution >= 4 is 10.0 Å². The number of imidazole rings is 1. The van der Waals surface area contributed by atoms with E-state index in [9.17, 15) is 17.2 Å². The van der Waals surface area contributed by atoms with Crippen LogP contribution in [-0.2, 0) is 17.1 Å². The first-order valence-electron chi connectivity index (χ1n) is 9.45. The van der Waals surface area contributed by atoms with Crippen molar-refractivity contribution in [2.24, 2.45) is 13.0 Å². The van der Waals surface area contributed by atoms with Gasteiger partial charge < -0.3 is 9.30 Å². The molecule has 2 atom stereocenters. The van der Waals surface area contributed by atoms with Crippen LogP contribution in [-0.4, -0.2) is 42.0 Å². The Hall–Kier alpha value is -2.78. The van der Waals surface area contributed by atoms with Gasteiger partial charge >= 0.3 is 0 Å². The molecule has 0 amide bonds. The third-order valence-electron chi connectivity index (χ3n) is 5.25. The molecule has 0 spiro atoms. The first-order chi connectivity index (χ1) is 14.3. The number of halogens is 2. The van der Waals surface area contributed by atoms with Gasteiger partial charge in [0.1, 0.15) is 17.4 Å². The number of ether oxygens (including phenoxy) is 1. The fourth-order valence-electron chi connectivity index (χ4n) is 3.70. The highest BCUT2D eigenvalue weighted by Crippen LogP contribution is 2.36. The number of sulfonamides is 1. The average molecular weight is 433 g/mol. The summed E-state index contributed by atoms with van der Waals surface area (Å²) in [7, 11) is -2.08. The third-order valence-corrected chi connectivity index (χ3v) is 6.97. The largest absolute Gasteiger partial charge is 0.493 e. The van der Waals surface area contributed by atoms with Crippen LogP contribution in [0, 0.1) is 17.6 Å². The van der Waals surface area contributed by atoms with E-state index in [1.807, 2.05) is 0 Å². The summed E-state index contributed by atoms with van der Waals surface area (Å²) in [5.41, 5.74) is 0.822. The molecular formula is C21H21F2N3O3S. The Kier molecular flexibility index (Phi) is 5.57. The number of benzene rings is 2. The number of nitrogens with zero attached hydrogens (tertiary/aromatic N) is 3. The molecule has 2 heterocycles. The van der Waals surface area contributed by atoms with E-state index in [1.54, 1.807) is 35.9 Å². The number of aryl methyl sites for hydroxylation is 1. The molecular weight excluding hydrogens is 412 g/mol. The molecule has 158 valence electrons. The van der Waals surface area contributed by atoms with Gasteiger partial charge in [-0.25, -0.2) is 22.2 Å². The lowest BCUT2D eigenvalue weighted by atomic mass is 9.89. The smallest absolute Gasteiger partial charge is 0.262 e. The van der Waals surface area contributed by atoms with Crippen molar-refractivity contribution in [2.45, 2.75) is 10.9 Å². The molecule has 1 aliphatic heterocycles. The summed E-state index contributed by atoms with van der Waals surface area (Å²) in [6, 6.07) is 11.8. The summed E-state index contributed by atoms with van der Waals surface area (Å²) >= 11 is 0. The maximum Gasteiger partial charge on any atom is 0.262 e. The van der Waals surface area contributed by atoms with Gasteiger partial charge in [0.15, 0.2) is 5.03 Å². The minimum Gasteiger partial charge on any atom is -0.493 e. The Labute approximate surface area is 173 Å². The second-order valence-electron chi connectivity index (χ2n) is 7.39. The highest BCUT2D eigenvalue weighted by Gasteiger charge is 2.41. The van der Waals surface area contributed by atoms with Crippen molar-refractivity contribution in [1.29, 1.82) is 0 Å². The van der Waals surface area contributed by atoms with E-state index in [1.165, 1.54) is 41.1 Å². The van der Waals surface area contributed by atoms with Crippen LogP contribution in [0.2, 0.25) is 0 Å². The van der Waals surface area contributed by atoms with Gasteiger partial charge in [-0.2, -0.15) is 4.31 Å². The normalized spacial score (nSPS) is 19.8. The summed E-state index contributed by atoms with van der Waals surface area (Å²) in [6.45, 7) is 0.637. The second-order valence-corrected chi connectivity index (χ2v) is 9.27. The maximum atomic E-state index is 13.4. The lowest BCUT2D eigenvalue weighted by Gasteiger charge is -2.19. The SMILES string of the molecule is Cn1cnc(S(=O)(=O)N2CC(COc3cccc(F)c3)C(c3ccc(F)cc3)C2)c1. The van der Waals surface area contributed by atoms with Crippen LogP contribution in [0.15, 0.2) is 66.1 Å². The minimum atomic E-state index is -3.78. The quantitative estimate of drug-likeness (QED) is 0.599. The van der Waals surface area contributed by atoms with Gasteiger partial charge in [0.2, 0.25) is 0 Å². The van der Waals surface area contributed by atoms with E-state index in [0.29, 0.717) is 5.75 Å². The Balaban J connectivity index is 1.59. The van der Waals surface area contributed by atoms with E-state index in [0.717, 1.165) is 5.56 Å². The second kappa shape index (κ2) is 8.16. The lowest BCUT2D eigenvalue weighted by Crippen LogP contribution is -2.30. The van der Waals surface area contributed by atoms with Crippen LogP contribution in [0.5, 0.6) is 5.75 Å². The molecule has 2 aromatic carbocycles. The summed E-state index contributed by atoms with van der Waals surface area (Å²) in [5, 5.41) is -0.0189. The molecule has 0 bridgehead atoms. The van der Waals surface area contributed by atoms with Gasteiger partial charge in [0, 0.05) is 44.2 Å². The van der Waals surface area contributed by atoms with E-state index in [-0.39, 0.29) is 42.4 Å². The zero-order valence-corrected chi connectivity index (χ0v) is 17.1. The van der Waals surface area contributed by atoms with Gasteiger partial charge in [-0.1, -0.05) is 18.2 Å². The number of hydrogen-bond acceptors (Lipinski definition) is 4. The Morgan fingerprint density at radius 1 is 1.10 bits per heavy atom. The topological polar surface area (TPSA) is 64.4 Å².